The third-order valence-electron chi connectivity index (χ3n) is 5.46. The molecule has 7 heteroatoms. The van der Waals surface area contributed by atoms with Crippen molar-refractivity contribution in [1.82, 2.24) is 0 Å². The minimum atomic E-state index is -0.914. The number of phenolic OH excluding ortho intramolecular Hbond substituents is 1. The first-order chi connectivity index (χ1) is 16.3. The van der Waals surface area contributed by atoms with Gasteiger partial charge in [0, 0.05) is 17.3 Å². The Bertz CT molecular complexity index is 1260. The summed E-state index contributed by atoms with van der Waals surface area (Å²) in [5.41, 5.74) is 1.29. The van der Waals surface area contributed by atoms with Crippen LogP contribution in [0.15, 0.2) is 78.4 Å². The number of carbonyl (C=O) groups excluding carboxylic acids is 2. The Morgan fingerprint density at radius 3 is 2.29 bits per heavy atom. The fourth-order valence-electron chi connectivity index (χ4n) is 3.98. The number of ketones is 1. The topological polar surface area (TPSA) is 96.3 Å². The lowest BCUT2D eigenvalue weighted by Gasteiger charge is -2.25. The number of aliphatic hydroxyl groups excluding tert-OH is 1. The second kappa shape index (κ2) is 9.31. The van der Waals surface area contributed by atoms with E-state index in [1.54, 1.807) is 60.7 Å². The highest BCUT2D eigenvalue weighted by Gasteiger charge is 2.47. The molecule has 2 N–H and O–H groups in total. The van der Waals surface area contributed by atoms with Crippen molar-refractivity contribution in [2.75, 3.05) is 12.0 Å². The van der Waals surface area contributed by atoms with E-state index in [0.29, 0.717) is 28.3 Å². The maximum Gasteiger partial charge on any atom is 0.300 e. The lowest BCUT2D eigenvalue weighted by Crippen LogP contribution is -2.29. The molecule has 0 radical (unpaired) electrons. The zero-order valence-electron chi connectivity index (χ0n) is 19.1. The van der Waals surface area contributed by atoms with Crippen LogP contribution in [0.1, 0.15) is 31.0 Å². The van der Waals surface area contributed by atoms with Gasteiger partial charge in [0.05, 0.1) is 24.8 Å². The highest BCUT2D eigenvalue weighted by molar-refractivity contribution is 6.51. The van der Waals surface area contributed by atoms with Gasteiger partial charge in [-0.3, -0.25) is 14.5 Å². The second-order valence-corrected chi connectivity index (χ2v) is 8.16. The molecule has 0 saturated carbocycles. The minimum absolute atomic E-state index is 0.0422. The molecule has 1 aliphatic heterocycles. The number of hydrogen-bond acceptors (Lipinski definition) is 6. The number of Topliss-reactive ketones (excluding diaryl/α,β-unsaturated/α-hetero) is 1. The number of methoxy groups -OCH3 is 1. The molecule has 0 bridgehead atoms. The Hall–Kier alpha value is -4.26. The standard InChI is InChI=1S/C27H25NO6/c1-16(2)34-22-9-4-6-18(14-22)25(30)23-24(17-10-12-20(29)13-11-17)28(27(32)26(23)31)19-7-5-8-21(15-19)33-3/h4-16,24,29-30H,1-3H3/b25-23+. The van der Waals surface area contributed by atoms with Crippen LogP contribution in [0.3, 0.4) is 0 Å². The van der Waals surface area contributed by atoms with Crippen LogP contribution in [0.4, 0.5) is 5.69 Å². The van der Waals surface area contributed by atoms with E-state index in [9.17, 15) is 19.8 Å². The summed E-state index contributed by atoms with van der Waals surface area (Å²) in [7, 11) is 1.51. The van der Waals surface area contributed by atoms with Gasteiger partial charge in [0.1, 0.15) is 23.0 Å². The van der Waals surface area contributed by atoms with E-state index < -0.39 is 17.7 Å². The summed E-state index contributed by atoms with van der Waals surface area (Å²) in [5, 5.41) is 21.0. The van der Waals surface area contributed by atoms with Crippen molar-refractivity contribution < 1.29 is 29.3 Å². The number of benzene rings is 3. The molecule has 3 aromatic rings. The SMILES string of the molecule is COc1cccc(N2C(=O)C(=O)/C(=C(/O)c3cccc(OC(C)C)c3)C2c2ccc(O)cc2)c1. The molecule has 7 nitrogen and oxygen atoms in total. The van der Waals surface area contributed by atoms with E-state index in [2.05, 4.69) is 0 Å². The molecule has 3 aromatic carbocycles. The molecule has 1 unspecified atom stereocenters. The number of hydrogen-bond donors (Lipinski definition) is 2. The Morgan fingerprint density at radius 2 is 1.62 bits per heavy atom. The third-order valence-corrected chi connectivity index (χ3v) is 5.46. The average molecular weight is 459 g/mol. The number of carbonyl (C=O) groups is 2. The van der Waals surface area contributed by atoms with Gasteiger partial charge in [-0.1, -0.05) is 30.3 Å². The number of aromatic hydroxyl groups is 1. The summed E-state index contributed by atoms with van der Waals surface area (Å²) >= 11 is 0. The monoisotopic (exact) mass is 459 g/mol. The molecule has 34 heavy (non-hydrogen) atoms. The van der Waals surface area contributed by atoms with Crippen molar-refractivity contribution in [3.05, 3.63) is 89.5 Å². The lowest BCUT2D eigenvalue weighted by atomic mass is 9.95. The molecular formula is C27H25NO6. The van der Waals surface area contributed by atoms with Crippen LogP contribution in [-0.2, 0) is 9.59 Å². The molecule has 1 heterocycles. The summed E-state index contributed by atoms with van der Waals surface area (Å²) in [4.78, 5) is 27.8. The van der Waals surface area contributed by atoms with Crippen LogP contribution in [0.25, 0.3) is 5.76 Å². The first kappa shape index (κ1) is 22.9. The smallest absolute Gasteiger partial charge is 0.300 e. The lowest BCUT2D eigenvalue weighted by molar-refractivity contribution is -0.132. The van der Waals surface area contributed by atoms with Crippen molar-refractivity contribution in [3.63, 3.8) is 0 Å². The van der Waals surface area contributed by atoms with Crippen LogP contribution in [0.2, 0.25) is 0 Å². The largest absolute Gasteiger partial charge is 0.508 e. The first-order valence-electron chi connectivity index (χ1n) is 10.8. The van der Waals surface area contributed by atoms with Crippen LogP contribution >= 0.6 is 0 Å². The Labute approximate surface area is 197 Å². The van der Waals surface area contributed by atoms with Crippen LogP contribution < -0.4 is 14.4 Å². The van der Waals surface area contributed by atoms with E-state index in [1.807, 2.05) is 13.8 Å². The Balaban J connectivity index is 1.90. The number of phenols is 1. The Morgan fingerprint density at radius 1 is 0.941 bits per heavy atom. The quantitative estimate of drug-likeness (QED) is 0.312. The van der Waals surface area contributed by atoms with Crippen molar-refractivity contribution in [1.29, 1.82) is 0 Å². The predicted octanol–water partition coefficient (Wildman–Crippen LogP) is 4.81. The highest BCUT2D eigenvalue weighted by atomic mass is 16.5. The normalized spacial score (nSPS) is 17.3. The number of aliphatic hydroxyl groups is 1. The molecular weight excluding hydrogens is 434 g/mol. The first-order valence-corrected chi connectivity index (χ1v) is 10.8. The van der Waals surface area contributed by atoms with Gasteiger partial charge in [-0.2, -0.15) is 0 Å². The van der Waals surface area contributed by atoms with Gasteiger partial charge in [0.25, 0.3) is 11.7 Å². The van der Waals surface area contributed by atoms with E-state index in [4.69, 9.17) is 9.47 Å². The summed E-state index contributed by atoms with van der Waals surface area (Å²) in [6, 6.07) is 18.8. The van der Waals surface area contributed by atoms with Gasteiger partial charge >= 0.3 is 0 Å². The fraction of sp³-hybridized carbons (Fsp3) is 0.185. The Kier molecular flexibility index (Phi) is 6.27. The number of nitrogens with zero attached hydrogens (tertiary/aromatic N) is 1. The predicted molar refractivity (Wildman–Crippen MR) is 128 cm³/mol. The van der Waals surface area contributed by atoms with Gasteiger partial charge in [-0.05, 0) is 55.8 Å². The zero-order chi connectivity index (χ0) is 24.4. The number of rotatable bonds is 6. The molecule has 0 aliphatic carbocycles. The molecule has 1 atom stereocenters. The molecule has 1 aliphatic rings. The molecule has 4 rings (SSSR count). The molecule has 1 saturated heterocycles. The summed E-state index contributed by atoms with van der Waals surface area (Å²) < 4.78 is 11.0. The van der Waals surface area contributed by atoms with Crippen molar-refractivity contribution in [3.8, 4) is 17.2 Å². The van der Waals surface area contributed by atoms with Gasteiger partial charge in [0.15, 0.2) is 0 Å². The summed E-state index contributed by atoms with van der Waals surface area (Å²) in [6.45, 7) is 3.77. The maximum atomic E-state index is 13.3. The summed E-state index contributed by atoms with van der Waals surface area (Å²) in [6.07, 6.45) is -0.0759. The third kappa shape index (κ3) is 4.32. The van der Waals surface area contributed by atoms with Crippen molar-refractivity contribution in [2.24, 2.45) is 0 Å². The zero-order valence-corrected chi connectivity index (χ0v) is 19.1. The van der Waals surface area contributed by atoms with Gasteiger partial charge < -0.3 is 19.7 Å². The van der Waals surface area contributed by atoms with Crippen LogP contribution in [0.5, 0.6) is 17.2 Å². The van der Waals surface area contributed by atoms with Crippen molar-refractivity contribution >= 4 is 23.1 Å². The van der Waals surface area contributed by atoms with Gasteiger partial charge in [-0.15, -0.1) is 0 Å². The molecule has 174 valence electrons. The van der Waals surface area contributed by atoms with E-state index in [-0.39, 0.29) is 23.2 Å². The van der Waals surface area contributed by atoms with E-state index >= 15 is 0 Å². The average Bonchev–Trinajstić information content (AvgIpc) is 3.09. The van der Waals surface area contributed by atoms with Crippen LogP contribution in [0, 0.1) is 0 Å². The molecule has 1 amide bonds. The molecule has 0 aromatic heterocycles. The highest BCUT2D eigenvalue weighted by Crippen LogP contribution is 2.43. The molecule has 1 fully saturated rings. The van der Waals surface area contributed by atoms with Crippen LogP contribution in [-0.4, -0.2) is 35.1 Å². The van der Waals surface area contributed by atoms with E-state index in [0.717, 1.165) is 0 Å². The minimum Gasteiger partial charge on any atom is -0.508 e. The molecule has 0 spiro atoms. The van der Waals surface area contributed by atoms with Gasteiger partial charge in [0.2, 0.25) is 0 Å². The number of anilines is 1. The van der Waals surface area contributed by atoms with Gasteiger partial charge in [-0.25, -0.2) is 0 Å². The number of amides is 1. The fourth-order valence-corrected chi connectivity index (χ4v) is 3.98. The van der Waals surface area contributed by atoms with E-state index in [1.165, 1.54) is 24.1 Å². The maximum absolute atomic E-state index is 13.3. The van der Waals surface area contributed by atoms with Crippen molar-refractivity contribution in [2.45, 2.75) is 26.0 Å². The number of ether oxygens (including phenoxy) is 2. The summed E-state index contributed by atoms with van der Waals surface area (Å²) in [5.74, 6) is -0.808. The second-order valence-electron chi connectivity index (χ2n) is 8.16.